The Morgan fingerprint density at radius 2 is 1.70 bits per heavy atom. The number of nitrogens with one attached hydrogen (secondary N) is 3. The molecule has 144 valence electrons. The minimum absolute atomic E-state index is 0.0768. The van der Waals surface area contributed by atoms with Crippen LogP contribution in [-0.2, 0) is 10.0 Å². The normalized spacial score (nSPS) is 10.9. The molecule has 0 unspecified atom stereocenters. The predicted molar refractivity (Wildman–Crippen MR) is 107 cm³/mol. The van der Waals surface area contributed by atoms with Crippen LogP contribution in [0.3, 0.4) is 0 Å². The molecule has 0 spiro atoms. The predicted octanol–water partition coefficient (Wildman–Crippen LogP) is 3.49. The molecule has 7 nitrogen and oxygen atoms in total. The Morgan fingerprint density at radius 3 is 2.33 bits per heavy atom. The van der Waals surface area contributed by atoms with Gasteiger partial charge < -0.3 is 10.6 Å². The first-order chi connectivity index (χ1) is 12.8. The second-order valence-electron chi connectivity index (χ2n) is 5.67. The van der Waals surface area contributed by atoms with Crippen LogP contribution in [0, 0.1) is 0 Å². The minimum Gasteiger partial charge on any atom is -0.337 e. The van der Waals surface area contributed by atoms with E-state index in [2.05, 4.69) is 26.6 Å². The number of carbonyl (C=O) groups is 2. The maximum Gasteiger partial charge on any atom is 0.328 e. The Hall–Kier alpha value is -2.39. The molecule has 0 radical (unpaired) electrons. The quantitative estimate of drug-likeness (QED) is 0.557. The van der Waals surface area contributed by atoms with E-state index in [1.165, 1.54) is 24.3 Å². The van der Waals surface area contributed by atoms with Crippen LogP contribution < -0.4 is 15.4 Å². The molecule has 0 heterocycles. The van der Waals surface area contributed by atoms with Gasteiger partial charge in [0.1, 0.15) is 0 Å². The van der Waals surface area contributed by atoms with E-state index in [9.17, 15) is 18.0 Å². The van der Waals surface area contributed by atoms with Crippen molar-refractivity contribution in [2.24, 2.45) is 0 Å². The number of amides is 3. The third-order valence-electron chi connectivity index (χ3n) is 3.58. The van der Waals surface area contributed by atoms with Gasteiger partial charge >= 0.3 is 6.03 Å². The number of anilines is 1. The van der Waals surface area contributed by atoms with Gasteiger partial charge in [0.05, 0.1) is 10.5 Å². The molecule has 0 aromatic heterocycles. The van der Waals surface area contributed by atoms with Crippen molar-refractivity contribution in [1.29, 1.82) is 0 Å². The Kier molecular flexibility index (Phi) is 7.37. The Labute approximate surface area is 166 Å². The van der Waals surface area contributed by atoms with E-state index in [0.717, 1.165) is 12.8 Å². The average Bonchev–Trinajstić information content (AvgIpc) is 2.62. The van der Waals surface area contributed by atoms with Crippen molar-refractivity contribution in [3.63, 3.8) is 0 Å². The monoisotopic (exact) mass is 453 g/mol. The molecule has 0 aliphatic rings. The molecule has 3 N–H and O–H groups in total. The highest BCUT2D eigenvalue weighted by atomic mass is 79.9. The molecule has 0 saturated heterocycles. The van der Waals surface area contributed by atoms with E-state index in [1.54, 1.807) is 24.3 Å². The van der Waals surface area contributed by atoms with E-state index in [0.29, 0.717) is 22.3 Å². The second kappa shape index (κ2) is 9.52. The number of benzene rings is 2. The largest absolute Gasteiger partial charge is 0.337 e. The molecular formula is C18H20BrN3O4S. The number of urea groups is 1. The molecule has 0 fully saturated rings. The summed E-state index contributed by atoms with van der Waals surface area (Å²) in [6, 6.07) is 11.7. The van der Waals surface area contributed by atoms with Gasteiger partial charge in [-0.3, -0.25) is 4.79 Å². The number of unbranched alkanes of at least 4 members (excludes halogenated alkanes) is 1. The summed E-state index contributed by atoms with van der Waals surface area (Å²) >= 11 is 3.31. The van der Waals surface area contributed by atoms with Crippen molar-refractivity contribution in [3.8, 4) is 0 Å². The zero-order valence-electron chi connectivity index (χ0n) is 14.7. The van der Waals surface area contributed by atoms with Gasteiger partial charge in [-0.1, -0.05) is 25.5 Å². The van der Waals surface area contributed by atoms with Crippen molar-refractivity contribution < 1.29 is 18.0 Å². The molecule has 0 bridgehead atoms. The van der Waals surface area contributed by atoms with Gasteiger partial charge in [0, 0.05) is 16.7 Å². The molecule has 0 aliphatic carbocycles. The van der Waals surface area contributed by atoms with Crippen LogP contribution in [-0.4, -0.2) is 26.9 Å². The fourth-order valence-corrected chi connectivity index (χ4v) is 3.55. The average molecular weight is 454 g/mol. The van der Waals surface area contributed by atoms with Crippen LogP contribution in [0.25, 0.3) is 0 Å². The van der Waals surface area contributed by atoms with Crippen molar-refractivity contribution in [1.82, 2.24) is 10.0 Å². The highest BCUT2D eigenvalue weighted by molar-refractivity contribution is 9.10. The van der Waals surface area contributed by atoms with Gasteiger partial charge in [-0.2, -0.15) is 0 Å². The summed E-state index contributed by atoms with van der Waals surface area (Å²) in [6.45, 7) is 2.37. The smallest absolute Gasteiger partial charge is 0.328 e. The lowest BCUT2D eigenvalue weighted by Crippen LogP contribution is -2.39. The molecule has 3 amide bonds. The van der Waals surface area contributed by atoms with Gasteiger partial charge in [0.25, 0.3) is 15.9 Å². The standard InChI is InChI=1S/C18H20BrN3O4S/c1-2-3-12-20-18(24)22-27(25,26)14-10-8-13(9-11-14)21-17(23)15-6-4-5-7-16(15)19/h4-11H,2-3,12H2,1H3,(H,21,23)(H2,20,22,24). The molecule has 0 aliphatic heterocycles. The van der Waals surface area contributed by atoms with Gasteiger partial charge in [-0.15, -0.1) is 0 Å². The third kappa shape index (κ3) is 6.07. The zero-order chi connectivity index (χ0) is 19.9. The molecule has 0 saturated carbocycles. The van der Waals surface area contributed by atoms with E-state index in [4.69, 9.17) is 0 Å². The molecule has 2 aromatic carbocycles. The maximum absolute atomic E-state index is 12.3. The summed E-state index contributed by atoms with van der Waals surface area (Å²) in [5.41, 5.74) is 0.890. The fourth-order valence-electron chi connectivity index (χ4n) is 2.16. The SMILES string of the molecule is CCCCNC(=O)NS(=O)(=O)c1ccc(NC(=O)c2ccccc2Br)cc1. The maximum atomic E-state index is 12.3. The van der Waals surface area contributed by atoms with Crippen molar-refractivity contribution in [2.75, 3.05) is 11.9 Å². The first-order valence-electron chi connectivity index (χ1n) is 8.30. The van der Waals surface area contributed by atoms with Gasteiger partial charge in [-0.25, -0.2) is 17.9 Å². The minimum atomic E-state index is -3.98. The summed E-state index contributed by atoms with van der Waals surface area (Å²) < 4.78 is 27.0. The molecule has 0 atom stereocenters. The van der Waals surface area contributed by atoms with Crippen molar-refractivity contribution >= 4 is 43.6 Å². The summed E-state index contributed by atoms with van der Waals surface area (Å²) in [6.07, 6.45) is 1.65. The third-order valence-corrected chi connectivity index (χ3v) is 5.62. The molecule has 9 heteroatoms. The summed E-state index contributed by atoms with van der Waals surface area (Å²) in [4.78, 5) is 23.8. The number of hydrogen-bond acceptors (Lipinski definition) is 4. The lowest BCUT2D eigenvalue weighted by Gasteiger charge is -2.10. The zero-order valence-corrected chi connectivity index (χ0v) is 17.1. The highest BCUT2D eigenvalue weighted by Gasteiger charge is 2.17. The summed E-state index contributed by atoms with van der Waals surface area (Å²) in [7, 11) is -3.98. The highest BCUT2D eigenvalue weighted by Crippen LogP contribution is 2.19. The van der Waals surface area contributed by atoms with Crippen molar-refractivity contribution in [3.05, 3.63) is 58.6 Å². The lowest BCUT2D eigenvalue weighted by atomic mass is 10.2. The van der Waals surface area contributed by atoms with Crippen LogP contribution in [0.2, 0.25) is 0 Å². The molecule has 27 heavy (non-hydrogen) atoms. The van der Waals surface area contributed by atoms with Gasteiger partial charge in [-0.05, 0) is 58.7 Å². The van der Waals surface area contributed by atoms with Gasteiger partial charge in [0.15, 0.2) is 0 Å². The van der Waals surface area contributed by atoms with E-state index < -0.39 is 16.1 Å². The first kappa shape index (κ1) is 20.9. The van der Waals surface area contributed by atoms with E-state index in [-0.39, 0.29) is 10.8 Å². The number of hydrogen-bond donors (Lipinski definition) is 3. The van der Waals surface area contributed by atoms with Crippen LogP contribution in [0.4, 0.5) is 10.5 Å². The number of carbonyl (C=O) groups excluding carboxylic acids is 2. The Balaban J connectivity index is 2.02. The topological polar surface area (TPSA) is 104 Å². The van der Waals surface area contributed by atoms with Crippen LogP contribution in [0.15, 0.2) is 57.9 Å². The van der Waals surface area contributed by atoms with Crippen LogP contribution in [0.5, 0.6) is 0 Å². The van der Waals surface area contributed by atoms with Crippen molar-refractivity contribution in [2.45, 2.75) is 24.7 Å². The molecule has 2 rings (SSSR count). The van der Waals surface area contributed by atoms with Gasteiger partial charge in [0.2, 0.25) is 0 Å². The number of sulfonamides is 1. The van der Waals surface area contributed by atoms with Crippen LogP contribution >= 0.6 is 15.9 Å². The van der Waals surface area contributed by atoms with Crippen LogP contribution in [0.1, 0.15) is 30.1 Å². The second-order valence-corrected chi connectivity index (χ2v) is 8.21. The lowest BCUT2D eigenvalue weighted by molar-refractivity contribution is 0.102. The Bertz CT molecular complexity index is 914. The molecular weight excluding hydrogens is 434 g/mol. The summed E-state index contributed by atoms with van der Waals surface area (Å²) in [5, 5.41) is 5.17. The first-order valence-corrected chi connectivity index (χ1v) is 10.6. The van der Waals surface area contributed by atoms with E-state index >= 15 is 0 Å². The fraction of sp³-hybridized carbons (Fsp3) is 0.222. The number of halogens is 1. The molecule has 2 aromatic rings. The Morgan fingerprint density at radius 1 is 1.04 bits per heavy atom. The van der Waals surface area contributed by atoms with E-state index in [1.807, 2.05) is 11.6 Å². The number of rotatable bonds is 7. The summed E-state index contributed by atoms with van der Waals surface area (Å²) in [5.74, 6) is -0.327.